The Bertz CT molecular complexity index is 636. The molecule has 2 rings (SSSR count). The molecular weight excluding hydrogens is 276 g/mol. The standard InChI is InChI=1S/C13H14N4O2S/c1-7(12(14)18)9-3-5-10(6-4-9)15-13(19)11-8(2)16-17-20-11/h3-7H,1-2H3,(H2,14,18)(H,15,19). The van der Waals surface area contributed by atoms with Crippen LogP contribution in [0.15, 0.2) is 24.3 Å². The van der Waals surface area contributed by atoms with E-state index in [2.05, 4.69) is 14.9 Å². The predicted molar refractivity (Wildman–Crippen MR) is 76.7 cm³/mol. The van der Waals surface area contributed by atoms with Gasteiger partial charge < -0.3 is 11.1 Å². The first-order valence-corrected chi connectivity index (χ1v) is 6.76. The highest BCUT2D eigenvalue weighted by Crippen LogP contribution is 2.19. The third kappa shape index (κ3) is 3.00. The van der Waals surface area contributed by atoms with Crippen molar-refractivity contribution in [2.45, 2.75) is 19.8 Å². The van der Waals surface area contributed by atoms with Crippen molar-refractivity contribution in [3.8, 4) is 0 Å². The fourth-order valence-electron chi connectivity index (χ4n) is 1.65. The number of amides is 2. The number of benzene rings is 1. The number of primary amides is 1. The molecule has 6 nitrogen and oxygen atoms in total. The molecule has 2 amide bonds. The normalized spacial score (nSPS) is 11.9. The van der Waals surface area contributed by atoms with Crippen LogP contribution in [0.1, 0.15) is 33.8 Å². The van der Waals surface area contributed by atoms with E-state index in [0.29, 0.717) is 16.3 Å². The fourth-order valence-corrected chi connectivity index (χ4v) is 2.20. The van der Waals surface area contributed by atoms with Crippen LogP contribution in [0.2, 0.25) is 0 Å². The molecule has 7 heteroatoms. The molecule has 0 radical (unpaired) electrons. The summed E-state index contributed by atoms with van der Waals surface area (Å²) in [5.41, 5.74) is 7.30. The van der Waals surface area contributed by atoms with Crippen LogP contribution in [-0.4, -0.2) is 21.4 Å². The van der Waals surface area contributed by atoms with Gasteiger partial charge in [-0.1, -0.05) is 16.6 Å². The van der Waals surface area contributed by atoms with Crippen LogP contribution in [0, 0.1) is 6.92 Å². The maximum Gasteiger partial charge on any atom is 0.269 e. The lowest BCUT2D eigenvalue weighted by Gasteiger charge is -2.09. The first kappa shape index (κ1) is 14.1. The van der Waals surface area contributed by atoms with Gasteiger partial charge in [-0.25, -0.2) is 0 Å². The number of aryl methyl sites for hydroxylation is 1. The fraction of sp³-hybridized carbons (Fsp3) is 0.231. The minimum absolute atomic E-state index is 0.242. The Morgan fingerprint density at radius 1 is 1.30 bits per heavy atom. The van der Waals surface area contributed by atoms with Crippen molar-refractivity contribution in [2.24, 2.45) is 5.73 Å². The van der Waals surface area contributed by atoms with Crippen LogP contribution >= 0.6 is 11.5 Å². The van der Waals surface area contributed by atoms with Crippen LogP contribution in [0.3, 0.4) is 0 Å². The number of carbonyl (C=O) groups is 2. The highest BCUT2D eigenvalue weighted by molar-refractivity contribution is 7.08. The predicted octanol–water partition coefficient (Wildman–Crippen LogP) is 1.69. The molecule has 1 heterocycles. The van der Waals surface area contributed by atoms with Crippen LogP contribution in [0.5, 0.6) is 0 Å². The zero-order valence-electron chi connectivity index (χ0n) is 11.1. The number of carbonyl (C=O) groups excluding carboxylic acids is 2. The van der Waals surface area contributed by atoms with E-state index < -0.39 is 0 Å². The van der Waals surface area contributed by atoms with Gasteiger partial charge in [0.25, 0.3) is 5.91 Å². The lowest BCUT2D eigenvalue weighted by atomic mass is 10.0. The van der Waals surface area contributed by atoms with Crippen molar-refractivity contribution in [2.75, 3.05) is 5.32 Å². The van der Waals surface area contributed by atoms with Crippen LogP contribution in [0.25, 0.3) is 0 Å². The lowest BCUT2D eigenvalue weighted by Crippen LogP contribution is -2.18. The summed E-state index contributed by atoms with van der Waals surface area (Å²) in [7, 11) is 0. The van der Waals surface area contributed by atoms with Gasteiger partial charge >= 0.3 is 0 Å². The molecule has 0 aliphatic rings. The molecule has 1 atom stereocenters. The number of anilines is 1. The third-order valence-electron chi connectivity index (χ3n) is 2.95. The van der Waals surface area contributed by atoms with Gasteiger partial charge in [-0.3, -0.25) is 9.59 Å². The third-order valence-corrected chi connectivity index (χ3v) is 3.78. The molecule has 0 aliphatic carbocycles. The smallest absolute Gasteiger partial charge is 0.269 e. The van der Waals surface area contributed by atoms with E-state index in [1.54, 1.807) is 38.1 Å². The van der Waals surface area contributed by atoms with Gasteiger partial charge in [-0.05, 0) is 43.1 Å². The van der Waals surface area contributed by atoms with Gasteiger partial charge in [-0.2, -0.15) is 0 Å². The zero-order valence-corrected chi connectivity index (χ0v) is 11.9. The Hall–Kier alpha value is -2.28. The topological polar surface area (TPSA) is 98.0 Å². The summed E-state index contributed by atoms with van der Waals surface area (Å²) in [6.45, 7) is 3.47. The van der Waals surface area contributed by atoms with Crippen molar-refractivity contribution < 1.29 is 9.59 Å². The summed E-state index contributed by atoms with van der Waals surface area (Å²) in [4.78, 5) is 23.5. The Kier molecular flexibility index (Phi) is 4.09. The molecule has 104 valence electrons. The number of rotatable bonds is 4. The average Bonchev–Trinajstić information content (AvgIpc) is 2.85. The minimum atomic E-state index is -0.381. The summed E-state index contributed by atoms with van der Waals surface area (Å²) >= 11 is 1.05. The monoisotopic (exact) mass is 290 g/mol. The highest BCUT2D eigenvalue weighted by Gasteiger charge is 2.14. The molecule has 2 aromatic rings. The van der Waals surface area contributed by atoms with E-state index in [1.807, 2.05) is 0 Å². The van der Waals surface area contributed by atoms with E-state index in [4.69, 9.17) is 5.73 Å². The second-order valence-corrected chi connectivity index (χ2v) is 5.14. The van der Waals surface area contributed by atoms with Gasteiger partial charge in [0.1, 0.15) is 4.88 Å². The van der Waals surface area contributed by atoms with E-state index >= 15 is 0 Å². The summed E-state index contributed by atoms with van der Waals surface area (Å²) in [5.74, 6) is -0.978. The summed E-state index contributed by atoms with van der Waals surface area (Å²) in [6.07, 6.45) is 0. The van der Waals surface area contributed by atoms with E-state index in [-0.39, 0.29) is 17.7 Å². The molecule has 0 bridgehead atoms. The van der Waals surface area contributed by atoms with Gasteiger partial charge in [-0.15, -0.1) is 5.10 Å². The molecule has 0 saturated heterocycles. The highest BCUT2D eigenvalue weighted by atomic mass is 32.1. The Morgan fingerprint density at radius 2 is 1.95 bits per heavy atom. The Labute approximate surface area is 120 Å². The Balaban J connectivity index is 2.10. The minimum Gasteiger partial charge on any atom is -0.369 e. The maximum atomic E-state index is 12.0. The Morgan fingerprint density at radius 3 is 2.45 bits per heavy atom. The van der Waals surface area contributed by atoms with E-state index in [9.17, 15) is 9.59 Å². The first-order valence-electron chi connectivity index (χ1n) is 5.98. The van der Waals surface area contributed by atoms with Gasteiger partial charge in [0.05, 0.1) is 11.6 Å². The SMILES string of the molecule is Cc1nnsc1C(=O)Nc1ccc(C(C)C(N)=O)cc1. The van der Waals surface area contributed by atoms with Gasteiger partial charge in [0.2, 0.25) is 5.91 Å². The number of nitrogens with zero attached hydrogens (tertiary/aromatic N) is 2. The van der Waals surface area contributed by atoms with E-state index in [0.717, 1.165) is 17.1 Å². The molecule has 0 saturated carbocycles. The second-order valence-electron chi connectivity index (χ2n) is 4.39. The van der Waals surface area contributed by atoms with Crippen molar-refractivity contribution in [3.05, 3.63) is 40.4 Å². The summed E-state index contributed by atoms with van der Waals surface area (Å²) in [6, 6.07) is 7.00. The molecule has 0 spiro atoms. The van der Waals surface area contributed by atoms with Crippen molar-refractivity contribution >= 4 is 29.0 Å². The molecule has 1 unspecified atom stereocenters. The molecule has 0 aliphatic heterocycles. The summed E-state index contributed by atoms with van der Waals surface area (Å²) < 4.78 is 3.72. The molecule has 3 N–H and O–H groups in total. The second kappa shape index (κ2) is 5.79. The number of nitrogens with two attached hydrogens (primary N) is 1. The van der Waals surface area contributed by atoms with Gasteiger partial charge in [0.15, 0.2) is 0 Å². The number of aromatic nitrogens is 2. The van der Waals surface area contributed by atoms with E-state index in [1.165, 1.54) is 0 Å². The first-order chi connectivity index (χ1) is 9.49. The number of nitrogens with one attached hydrogen (secondary N) is 1. The molecule has 1 aromatic heterocycles. The van der Waals surface area contributed by atoms with Crippen LogP contribution in [-0.2, 0) is 4.79 Å². The maximum absolute atomic E-state index is 12.0. The van der Waals surface area contributed by atoms with Crippen molar-refractivity contribution in [1.29, 1.82) is 0 Å². The van der Waals surface area contributed by atoms with Gasteiger partial charge in [0, 0.05) is 5.69 Å². The largest absolute Gasteiger partial charge is 0.369 e. The quantitative estimate of drug-likeness (QED) is 0.895. The van der Waals surface area contributed by atoms with Crippen LogP contribution < -0.4 is 11.1 Å². The molecular formula is C13H14N4O2S. The van der Waals surface area contributed by atoms with Crippen molar-refractivity contribution in [1.82, 2.24) is 9.59 Å². The average molecular weight is 290 g/mol. The van der Waals surface area contributed by atoms with Crippen LogP contribution in [0.4, 0.5) is 5.69 Å². The lowest BCUT2D eigenvalue weighted by molar-refractivity contribution is -0.119. The number of hydrogen-bond donors (Lipinski definition) is 2. The van der Waals surface area contributed by atoms with Crippen molar-refractivity contribution in [3.63, 3.8) is 0 Å². The molecule has 1 aromatic carbocycles. The molecule has 0 fully saturated rings. The molecule has 20 heavy (non-hydrogen) atoms. The summed E-state index contributed by atoms with van der Waals surface area (Å²) in [5, 5.41) is 6.55. The zero-order chi connectivity index (χ0) is 14.7. The number of hydrogen-bond acceptors (Lipinski definition) is 5.